The van der Waals surface area contributed by atoms with Crippen molar-refractivity contribution in [1.29, 1.82) is 0 Å². The van der Waals surface area contributed by atoms with E-state index in [0.29, 0.717) is 41.7 Å². The number of hydrogen-bond acceptors (Lipinski definition) is 6. The maximum absolute atomic E-state index is 13.5. The van der Waals surface area contributed by atoms with Crippen LogP contribution in [0.4, 0.5) is 16.2 Å². The number of carbonyl (C=O) groups excluding carboxylic acids is 4. The maximum Gasteiger partial charge on any atom is 0.325 e. The number of amides is 5. The molecule has 0 aliphatic carbocycles. The monoisotopic (exact) mass is 478 g/mol. The number of imide groups is 1. The van der Waals surface area contributed by atoms with Gasteiger partial charge in [-0.15, -0.1) is 0 Å². The van der Waals surface area contributed by atoms with Gasteiger partial charge in [-0.1, -0.05) is 18.2 Å². The predicted octanol–water partition coefficient (Wildman–Crippen LogP) is 2.38. The predicted molar refractivity (Wildman–Crippen MR) is 126 cm³/mol. The van der Waals surface area contributed by atoms with E-state index in [-0.39, 0.29) is 12.3 Å². The highest BCUT2D eigenvalue weighted by molar-refractivity contribution is 6.12. The molecule has 0 saturated carbocycles. The van der Waals surface area contributed by atoms with Gasteiger partial charge in [0.1, 0.15) is 12.1 Å². The summed E-state index contributed by atoms with van der Waals surface area (Å²) < 4.78 is 11.4. The standard InChI is InChI=1S/C25H26N4O6/c1-15-12-21(30)26-17-6-3-4-7-18(17)29(15)22(31)14-28-23(32)25(2,27-24(28)33)16-8-9-19-20(13-16)35-11-5-10-34-19/h3-4,6-9,13,15H,5,10-12,14H2,1-2H3,(H,26,30)(H,27,33)/t15-,25-/m1/s1. The zero-order valence-corrected chi connectivity index (χ0v) is 19.5. The number of rotatable bonds is 3. The molecule has 2 aromatic rings. The number of ether oxygens (including phenoxy) is 2. The lowest BCUT2D eigenvalue weighted by atomic mass is 9.91. The van der Waals surface area contributed by atoms with Crippen LogP contribution < -0.4 is 25.0 Å². The van der Waals surface area contributed by atoms with Crippen molar-refractivity contribution in [3.8, 4) is 11.5 Å². The number of nitrogens with zero attached hydrogens (tertiary/aromatic N) is 2. The lowest BCUT2D eigenvalue weighted by molar-refractivity contribution is -0.134. The van der Waals surface area contributed by atoms with E-state index in [2.05, 4.69) is 10.6 Å². The molecule has 0 unspecified atom stereocenters. The van der Waals surface area contributed by atoms with Gasteiger partial charge < -0.3 is 25.0 Å². The van der Waals surface area contributed by atoms with Gasteiger partial charge in [-0.2, -0.15) is 0 Å². The van der Waals surface area contributed by atoms with Gasteiger partial charge >= 0.3 is 6.03 Å². The number of anilines is 2. The summed E-state index contributed by atoms with van der Waals surface area (Å²) in [5, 5.41) is 5.53. The van der Waals surface area contributed by atoms with Crippen molar-refractivity contribution >= 4 is 35.1 Å². The van der Waals surface area contributed by atoms with Crippen LogP contribution in [0.2, 0.25) is 0 Å². The molecule has 2 aromatic carbocycles. The minimum Gasteiger partial charge on any atom is -0.490 e. The quantitative estimate of drug-likeness (QED) is 0.655. The number of para-hydroxylation sites is 2. The van der Waals surface area contributed by atoms with E-state index in [1.54, 1.807) is 56.3 Å². The van der Waals surface area contributed by atoms with Gasteiger partial charge in [0, 0.05) is 18.9 Å². The largest absolute Gasteiger partial charge is 0.490 e. The van der Waals surface area contributed by atoms with E-state index < -0.39 is 36.0 Å². The summed E-state index contributed by atoms with van der Waals surface area (Å²) in [5.74, 6) is -0.138. The lowest BCUT2D eigenvalue weighted by Crippen LogP contribution is -2.47. The maximum atomic E-state index is 13.5. The average molecular weight is 479 g/mol. The Hall–Kier alpha value is -4.08. The van der Waals surface area contributed by atoms with Gasteiger partial charge in [0.25, 0.3) is 5.91 Å². The van der Waals surface area contributed by atoms with Crippen LogP contribution >= 0.6 is 0 Å². The van der Waals surface area contributed by atoms with Crippen LogP contribution in [0.3, 0.4) is 0 Å². The Kier molecular flexibility index (Phi) is 5.58. The second-order valence-corrected chi connectivity index (χ2v) is 9.04. The summed E-state index contributed by atoms with van der Waals surface area (Å²) in [6.07, 6.45) is 0.835. The molecule has 5 rings (SSSR count). The zero-order valence-electron chi connectivity index (χ0n) is 19.5. The molecule has 0 aromatic heterocycles. The normalized spacial score (nSPS) is 23.7. The molecule has 0 radical (unpaired) electrons. The minimum atomic E-state index is -1.37. The van der Waals surface area contributed by atoms with Crippen molar-refractivity contribution in [3.05, 3.63) is 48.0 Å². The molecule has 3 aliphatic heterocycles. The molecular formula is C25H26N4O6. The summed E-state index contributed by atoms with van der Waals surface area (Å²) in [7, 11) is 0. The SMILES string of the molecule is C[C@@H]1CC(=O)Nc2ccccc2N1C(=O)CN1C(=O)N[C@](C)(c2ccc3c(c2)OCCCO3)C1=O. The number of carbonyl (C=O) groups is 4. The number of nitrogens with one attached hydrogen (secondary N) is 2. The Labute approximate surface area is 202 Å². The molecule has 10 nitrogen and oxygen atoms in total. The molecule has 1 fully saturated rings. The highest BCUT2D eigenvalue weighted by atomic mass is 16.5. The smallest absolute Gasteiger partial charge is 0.325 e. The van der Waals surface area contributed by atoms with Crippen molar-refractivity contribution in [1.82, 2.24) is 10.2 Å². The molecule has 35 heavy (non-hydrogen) atoms. The fraction of sp³-hybridized carbons (Fsp3) is 0.360. The highest BCUT2D eigenvalue weighted by Crippen LogP contribution is 2.37. The zero-order chi connectivity index (χ0) is 24.7. The third kappa shape index (κ3) is 3.94. The van der Waals surface area contributed by atoms with Gasteiger partial charge in [-0.05, 0) is 43.7 Å². The minimum absolute atomic E-state index is 0.0927. The molecule has 10 heteroatoms. The van der Waals surface area contributed by atoms with Crippen molar-refractivity contribution in [2.45, 2.75) is 38.3 Å². The molecule has 0 bridgehead atoms. The summed E-state index contributed by atoms with van der Waals surface area (Å²) >= 11 is 0. The van der Waals surface area contributed by atoms with Gasteiger partial charge in [0.15, 0.2) is 11.5 Å². The number of benzene rings is 2. The van der Waals surface area contributed by atoms with Crippen LogP contribution in [-0.4, -0.2) is 54.5 Å². The third-order valence-electron chi connectivity index (χ3n) is 6.52. The fourth-order valence-electron chi connectivity index (χ4n) is 4.69. The van der Waals surface area contributed by atoms with Crippen LogP contribution in [0, 0.1) is 0 Å². The van der Waals surface area contributed by atoms with Crippen molar-refractivity contribution in [2.75, 3.05) is 30.0 Å². The highest BCUT2D eigenvalue weighted by Gasteiger charge is 2.50. The van der Waals surface area contributed by atoms with Crippen LogP contribution in [0.5, 0.6) is 11.5 Å². The van der Waals surface area contributed by atoms with E-state index in [0.717, 1.165) is 11.3 Å². The summed E-state index contributed by atoms with van der Waals surface area (Å²) in [5.41, 5.74) is 0.179. The van der Waals surface area contributed by atoms with Gasteiger partial charge in [0.2, 0.25) is 11.8 Å². The van der Waals surface area contributed by atoms with Gasteiger partial charge in [-0.25, -0.2) is 4.79 Å². The van der Waals surface area contributed by atoms with Gasteiger partial charge in [-0.3, -0.25) is 19.3 Å². The molecule has 3 aliphatic rings. The summed E-state index contributed by atoms with van der Waals surface area (Å²) in [6, 6.07) is 10.9. The van der Waals surface area contributed by atoms with Gasteiger partial charge in [0.05, 0.1) is 24.6 Å². The summed E-state index contributed by atoms with van der Waals surface area (Å²) in [4.78, 5) is 54.4. The first-order valence-corrected chi connectivity index (χ1v) is 11.5. The molecule has 0 spiro atoms. The molecule has 182 valence electrons. The number of urea groups is 1. The Balaban J connectivity index is 1.41. The molecule has 2 atom stereocenters. The van der Waals surface area contributed by atoms with E-state index in [9.17, 15) is 19.2 Å². The van der Waals surface area contributed by atoms with E-state index in [1.807, 2.05) is 0 Å². The third-order valence-corrected chi connectivity index (χ3v) is 6.52. The van der Waals surface area contributed by atoms with Crippen LogP contribution in [0.25, 0.3) is 0 Å². The van der Waals surface area contributed by atoms with Crippen molar-refractivity contribution in [2.24, 2.45) is 0 Å². The van der Waals surface area contributed by atoms with Crippen LogP contribution in [-0.2, 0) is 19.9 Å². The van der Waals surface area contributed by atoms with E-state index in [4.69, 9.17) is 9.47 Å². The van der Waals surface area contributed by atoms with E-state index >= 15 is 0 Å². The van der Waals surface area contributed by atoms with Crippen molar-refractivity contribution < 1.29 is 28.7 Å². The van der Waals surface area contributed by atoms with E-state index in [1.165, 1.54) is 4.90 Å². The lowest BCUT2D eigenvalue weighted by Gasteiger charge is -2.29. The average Bonchev–Trinajstić information content (AvgIpc) is 3.02. The van der Waals surface area contributed by atoms with Crippen LogP contribution in [0.15, 0.2) is 42.5 Å². The van der Waals surface area contributed by atoms with Crippen molar-refractivity contribution in [3.63, 3.8) is 0 Å². The summed E-state index contributed by atoms with van der Waals surface area (Å²) in [6.45, 7) is 3.92. The second-order valence-electron chi connectivity index (χ2n) is 9.04. The Morgan fingerprint density at radius 2 is 1.83 bits per heavy atom. The molecule has 5 amide bonds. The molecule has 2 N–H and O–H groups in total. The first-order valence-electron chi connectivity index (χ1n) is 11.5. The number of hydrogen-bond donors (Lipinski definition) is 2. The topological polar surface area (TPSA) is 117 Å². The first kappa shape index (κ1) is 22.7. The second kappa shape index (κ2) is 8.61. The van der Waals surface area contributed by atoms with Crippen LogP contribution in [0.1, 0.15) is 32.3 Å². The Morgan fingerprint density at radius 1 is 1.09 bits per heavy atom. The number of fused-ring (bicyclic) bond motifs is 2. The first-order chi connectivity index (χ1) is 16.8. The molecule has 1 saturated heterocycles. The Bertz CT molecular complexity index is 1230. The molecular weight excluding hydrogens is 452 g/mol. The Morgan fingerprint density at radius 3 is 2.63 bits per heavy atom. The fourth-order valence-corrected chi connectivity index (χ4v) is 4.69. The molecule has 3 heterocycles.